The third-order valence-corrected chi connectivity index (χ3v) is 22.1. The van der Waals surface area contributed by atoms with E-state index in [9.17, 15) is 62.3 Å². The standard InChI is InChI=1S/C76H116N10O16S/c1-15-49(8)68(60(100-13)40-64(92)85-37-23-27-56(85)69(101-14)50(9)70(94)80-43-59(89)52-24-18-16-19-25-52)83(11)72(96)55(46(2)3)39-58(88)67(48(6)7)84(12)75(99)102-44-51-29-31-54(32-30-51)81-71(95)53(26-22-35-79-74(77)98)38-57(87)66(47(4)5)82-62(90)28-20-17-21-36-86-65(93)41-61(73(86)97)103-45-76(33-34-76)42-63(91)78-10/h16,18-19,24-25,29-32,46-50,53,55-56,60-61,66-69H,15,17,20-23,26-28,33-45H2,1-14H3,(H,78,91)(H,80,94)(H,81,95)(H,82,90)(H3,77,79,98)/t49-,50+,53+,55-,56-,60+,61?,66-,67-,68-,69+/m0/s1. The van der Waals surface area contributed by atoms with Crippen LogP contribution in [0.1, 0.15) is 181 Å². The van der Waals surface area contributed by atoms with E-state index in [-0.39, 0.29) is 147 Å². The number of ketones is 3. The number of anilines is 1. The van der Waals surface area contributed by atoms with Gasteiger partial charge < -0.3 is 61.2 Å². The summed E-state index contributed by atoms with van der Waals surface area (Å²) in [5.41, 5.74) is 6.58. The zero-order valence-corrected chi connectivity index (χ0v) is 64.0. The molecule has 11 amide bonds. The van der Waals surface area contributed by atoms with Crippen LogP contribution in [0.15, 0.2) is 54.6 Å². The predicted octanol–water partition coefficient (Wildman–Crippen LogP) is 7.87. The number of benzene rings is 2. The second kappa shape index (κ2) is 41.6. The quantitative estimate of drug-likeness (QED) is 0.0209. The number of Topliss-reactive ketones (excluding diaryl/α,β-unsaturated/α-hetero) is 3. The maximum atomic E-state index is 14.9. The molecule has 103 heavy (non-hydrogen) atoms. The largest absolute Gasteiger partial charge is 0.445 e. The van der Waals surface area contributed by atoms with E-state index in [1.54, 1.807) is 113 Å². The van der Waals surface area contributed by atoms with Crippen molar-refractivity contribution in [3.05, 3.63) is 65.7 Å². The predicted molar refractivity (Wildman–Crippen MR) is 393 cm³/mol. The van der Waals surface area contributed by atoms with Crippen LogP contribution in [-0.4, -0.2) is 205 Å². The van der Waals surface area contributed by atoms with Crippen molar-refractivity contribution >= 4 is 94.2 Å². The molecule has 0 spiro atoms. The summed E-state index contributed by atoms with van der Waals surface area (Å²) in [6.45, 7) is 17.0. The zero-order valence-electron chi connectivity index (χ0n) is 63.1. The van der Waals surface area contributed by atoms with Crippen molar-refractivity contribution in [1.82, 2.24) is 40.9 Å². The molecule has 2 saturated heterocycles. The van der Waals surface area contributed by atoms with Gasteiger partial charge in [-0.1, -0.05) is 118 Å². The van der Waals surface area contributed by atoms with Crippen LogP contribution in [-0.2, 0) is 68.8 Å². The van der Waals surface area contributed by atoms with Crippen molar-refractivity contribution in [3.8, 4) is 0 Å². The van der Waals surface area contributed by atoms with Gasteiger partial charge in [-0.3, -0.25) is 57.6 Å². The van der Waals surface area contributed by atoms with Crippen molar-refractivity contribution in [1.29, 1.82) is 0 Å². The number of thioether (sulfide) groups is 1. The maximum Gasteiger partial charge on any atom is 0.410 e. The van der Waals surface area contributed by atoms with Gasteiger partial charge in [0.2, 0.25) is 47.3 Å². The van der Waals surface area contributed by atoms with Gasteiger partial charge in [0.1, 0.15) is 6.61 Å². The molecule has 2 aliphatic heterocycles. The summed E-state index contributed by atoms with van der Waals surface area (Å²) in [6.07, 6.45) is 3.61. The first-order valence-electron chi connectivity index (χ1n) is 36.6. The van der Waals surface area contributed by atoms with Gasteiger partial charge in [-0.15, -0.1) is 11.8 Å². The van der Waals surface area contributed by atoms with E-state index in [4.69, 9.17) is 19.9 Å². The minimum absolute atomic E-state index is 0.0352. The number of rotatable bonds is 45. The van der Waals surface area contributed by atoms with Crippen LogP contribution in [0.2, 0.25) is 0 Å². The van der Waals surface area contributed by atoms with Crippen molar-refractivity contribution in [3.63, 3.8) is 0 Å². The fraction of sp³-hybridized carbons (Fsp3) is 0.671. The Labute approximate surface area is 613 Å². The summed E-state index contributed by atoms with van der Waals surface area (Å²) < 4.78 is 17.8. The van der Waals surface area contributed by atoms with Gasteiger partial charge in [-0.2, -0.15) is 0 Å². The van der Waals surface area contributed by atoms with Gasteiger partial charge in [0, 0.05) is 116 Å². The van der Waals surface area contributed by atoms with Crippen LogP contribution in [0.25, 0.3) is 0 Å². The second-order valence-electron chi connectivity index (χ2n) is 29.3. The fourth-order valence-corrected chi connectivity index (χ4v) is 15.5. The molecule has 11 atom stereocenters. The zero-order chi connectivity index (χ0) is 76.4. The van der Waals surface area contributed by atoms with E-state index in [0.717, 1.165) is 12.8 Å². The molecule has 7 N–H and O–H groups in total. The Morgan fingerprint density at radius 1 is 0.757 bits per heavy atom. The molecule has 1 saturated carbocycles. The molecule has 0 radical (unpaired) electrons. The smallest absolute Gasteiger partial charge is 0.410 e. The Balaban J connectivity index is 1.14. The summed E-state index contributed by atoms with van der Waals surface area (Å²) in [6, 6.07) is 11.5. The number of ether oxygens (including phenoxy) is 3. The highest BCUT2D eigenvalue weighted by atomic mass is 32.2. The second-order valence-corrected chi connectivity index (χ2v) is 30.5. The van der Waals surface area contributed by atoms with Crippen LogP contribution in [0, 0.1) is 46.8 Å². The number of nitrogens with zero attached hydrogens (tertiary/aromatic N) is 4. The number of unbranched alkanes of at least 4 members (excludes halogenated alkanes) is 2. The monoisotopic (exact) mass is 1460 g/mol. The van der Waals surface area contributed by atoms with Crippen LogP contribution in [0.3, 0.4) is 0 Å². The van der Waals surface area contributed by atoms with Gasteiger partial charge in [0.25, 0.3) is 0 Å². The van der Waals surface area contributed by atoms with E-state index in [0.29, 0.717) is 80.5 Å². The molecular weight excluding hydrogens is 1340 g/mol. The third kappa shape index (κ3) is 25.5. The van der Waals surface area contributed by atoms with Gasteiger partial charge in [0.05, 0.1) is 60.5 Å². The van der Waals surface area contributed by atoms with E-state index in [1.807, 2.05) is 27.7 Å². The van der Waals surface area contributed by atoms with E-state index in [1.165, 1.54) is 42.8 Å². The van der Waals surface area contributed by atoms with Gasteiger partial charge in [-0.25, -0.2) is 9.59 Å². The average Bonchev–Trinajstić information content (AvgIpc) is 1.72. The number of likely N-dealkylation sites (tertiary alicyclic amines) is 2. The third-order valence-electron chi connectivity index (χ3n) is 20.6. The first kappa shape index (κ1) is 85.9. The number of hydrogen-bond acceptors (Lipinski definition) is 17. The molecule has 2 heterocycles. The first-order valence-corrected chi connectivity index (χ1v) is 37.7. The molecule has 3 fully saturated rings. The molecular formula is C76H116N10O16S. The molecule has 572 valence electrons. The summed E-state index contributed by atoms with van der Waals surface area (Å²) in [7, 11) is 7.75. The number of carbonyl (C=O) groups excluding carboxylic acids is 13. The molecule has 2 aromatic carbocycles. The highest BCUT2D eigenvalue weighted by Crippen LogP contribution is 2.52. The lowest BCUT2D eigenvalue weighted by Crippen LogP contribution is -2.54. The summed E-state index contributed by atoms with van der Waals surface area (Å²) in [4.78, 5) is 181. The Morgan fingerprint density at radius 3 is 2.03 bits per heavy atom. The first-order chi connectivity index (χ1) is 48.8. The number of methoxy groups -OCH3 is 2. The molecule has 2 aromatic rings. The number of urea groups is 1. The molecule has 0 bridgehead atoms. The summed E-state index contributed by atoms with van der Waals surface area (Å²) in [5, 5.41) is 13.2. The number of likely N-dealkylation sites (N-methyl/N-ethyl adjacent to an activating group) is 2. The number of primary amides is 1. The van der Waals surface area contributed by atoms with Gasteiger partial charge >= 0.3 is 12.1 Å². The Bertz CT molecular complexity index is 3220. The number of amides is 11. The molecule has 1 aliphatic carbocycles. The summed E-state index contributed by atoms with van der Waals surface area (Å²) >= 11 is 1.45. The summed E-state index contributed by atoms with van der Waals surface area (Å²) in [5.74, 6) is -6.15. The highest BCUT2D eigenvalue weighted by molar-refractivity contribution is 8.00. The average molecular weight is 1460 g/mol. The SMILES string of the molecule is CC[C@H](C)[C@@H]([C@@H](CC(=O)N1CCC[C@H]1[C@H](OC)[C@@H](C)C(=O)NCC(=O)c1ccccc1)OC)N(C)C(=O)[C@@H](CC(=O)[C@H](C(C)C)N(C)C(=O)OCc1ccc(NC(=O)[C@H](CCCNC(N)=O)CC(=O)[C@@H](NC(=O)CCCCCN2C(=O)CC(SCC3(CC(=O)NC)CC3)C2=O)C(C)C)cc1)C(C)C. The number of nitrogens with two attached hydrogens (primary N) is 1. The minimum atomic E-state index is -0.980. The van der Waals surface area contributed by atoms with Gasteiger partial charge in [0.15, 0.2) is 17.3 Å². The molecule has 1 unspecified atom stereocenters. The van der Waals surface area contributed by atoms with E-state index >= 15 is 0 Å². The number of hydrogen-bond donors (Lipinski definition) is 6. The molecule has 26 nitrogen and oxygen atoms in total. The van der Waals surface area contributed by atoms with Crippen LogP contribution < -0.4 is 32.3 Å². The Hall–Kier alpha value is -7.78. The van der Waals surface area contributed by atoms with Crippen LogP contribution in [0.4, 0.5) is 15.3 Å². The lowest BCUT2D eigenvalue weighted by molar-refractivity contribution is -0.149. The fourth-order valence-electron chi connectivity index (χ4n) is 14.0. The van der Waals surface area contributed by atoms with Crippen molar-refractivity contribution in [2.24, 2.45) is 52.6 Å². The highest BCUT2D eigenvalue weighted by Gasteiger charge is 2.48. The molecule has 27 heteroatoms. The normalized spacial score (nSPS) is 18.2. The van der Waals surface area contributed by atoms with Crippen molar-refractivity contribution in [2.45, 2.75) is 213 Å². The van der Waals surface area contributed by atoms with Gasteiger partial charge in [-0.05, 0) is 98.1 Å². The maximum absolute atomic E-state index is 14.9. The van der Waals surface area contributed by atoms with Crippen LogP contribution in [0.5, 0.6) is 0 Å². The van der Waals surface area contributed by atoms with Crippen molar-refractivity contribution in [2.75, 3.05) is 72.6 Å². The topological polar surface area (TPSA) is 349 Å². The minimum Gasteiger partial charge on any atom is -0.445 e. The lowest BCUT2D eigenvalue weighted by atomic mass is 9.83. The van der Waals surface area contributed by atoms with E-state index in [2.05, 4.69) is 26.6 Å². The lowest BCUT2D eigenvalue weighted by Gasteiger charge is -2.41. The molecule has 0 aromatic heterocycles. The van der Waals surface area contributed by atoms with Crippen molar-refractivity contribution < 1.29 is 76.5 Å². The van der Waals surface area contributed by atoms with E-state index < -0.39 is 83.3 Å². The number of imide groups is 1. The number of carbonyl (C=O) groups is 13. The Morgan fingerprint density at radius 2 is 1.44 bits per heavy atom. The molecule has 3 aliphatic rings. The Kier molecular flexibility index (Phi) is 34.7. The molecule has 5 rings (SSSR count). The van der Waals surface area contributed by atoms with Crippen LogP contribution >= 0.6 is 11.8 Å². The number of nitrogens with one attached hydrogen (secondary N) is 5.